The highest BCUT2D eigenvalue weighted by atomic mass is 16.1. The van der Waals surface area contributed by atoms with E-state index in [9.17, 15) is 4.79 Å². The number of nitrogens with zero attached hydrogens (tertiary/aromatic N) is 1. The highest BCUT2D eigenvalue weighted by molar-refractivity contribution is 5.90. The molecule has 1 amide bonds. The summed E-state index contributed by atoms with van der Waals surface area (Å²) in [6.45, 7) is 4.24. The Morgan fingerprint density at radius 3 is 3.06 bits per heavy atom. The van der Waals surface area contributed by atoms with Crippen molar-refractivity contribution in [2.24, 2.45) is 5.92 Å². The van der Waals surface area contributed by atoms with Crippen molar-refractivity contribution in [3.05, 3.63) is 29.8 Å². The molecule has 0 spiro atoms. The molecule has 18 heavy (non-hydrogen) atoms. The van der Waals surface area contributed by atoms with Crippen LogP contribution in [0.15, 0.2) is 24.3 Å². The molecule has 1 heterocycles. The second-order valence-electron chi connectivity index (χ2n) is 5.39. The maximum absolute atomic E-state index is 12.0. The number of hydrogen-bond donors (Lipinski definition) is 1. The number of hydrogen-bond acceptors (Lipinski definition) is 2. The van der Waals surface area contributed by atoms with Crippen LogP contribution in [0.1, 0.15) is 24.8 Å². The third-order valence-corrected chi connectivity index (χ3v) is 3.50. The number of carbonyl (C=O) groups excluding carboxylic acids is 1. The zero-order valence-electron chi connectivity index (χ0n) is 11.3. The molecule has 3 nitrogen and oxygen atoms in total. The van der Waals surface area contributed by atoms with Gasteiger partial charge in [-0.3, -0.25) is 4.79 Å². The van der Waals surface area contributed by atoms with Crippen molar-refractivity contribution in [3.8, 4) is 0 Å². The van der Waals surface area contributed by atoms with Crippen LogP contribution in [0.4, 0.5) is 5.69 Å². The molecule has 2 rings (SSSR count). The summed E-state index contributed by atoms with van der Waals surface area (Å²) in [5.41, 5.74) is 2.08. The third-order valence-electron chi connectivity index (χ3n) is 3.50. The minimum Gasteiger partial charge on any atom is -0.326 e. The third kappa shape index (κ3) is 3.84. The van der Waals surface area contributed by atoms with Gasteiger partial charge < -0.3 is 10.2 Å². The molecule has 1 aromatic rings. The van der Waals surface area contributed by atoms with Crippen molar-refractivity contribution in [1.29, 1.82) is 0 Å². The van der Waals surface area contributed by atoms with Crippen LogP contribution in [-0.4, -0.2) is 30.9 Å². The minimum atomic E-state index is 0.140. The predicted molar refractivity (Wildman–Crippen MR) is 74.6 cm³/mol. The summed E-state index contributed by atoms with van der Waals surface area (Å²) in [7, 11) is 2.13. The molecule has 1 fully saturated rings. The van der Waals surface area contributed by atoms with Gasteiger partial charge in [-0.15, -0.1) is 0 Å². The van der Waals surface area contributed by atoms with Gasteiger partial charge in [0.25, 0.3) is 0 Å². The SMILES string of the molecule is Cc1cccc(NC(=O)CC2CCCN(C)C2)c1. The molecular formula is C15H22N2O. The number of piperidine rings is 1. The van der Waals surface area contributed by atoms with Crippen LogP contribution >= 0.6 is 0 Å². The molecule has 1 aromatic carbocycles. The number of carbonyl (C=O) groups is 1. The second-order valence-corrected chi connectivity index (χ2v) is 5.39. The van der Waals surface area contributed by atoms with E-state index in [2.05, 4.69) is 17.3 Å². The molecule has 98 valence electrons. The Hall–Kier alpha value is -1.35. The van der Waals surface area contributed by atoms with Gasteiger partial charge in [0.15, 0.2) is 0 Å². The van der Waals surface area contributed by atoms with Gasteiger partial charge in [0.05, 0.1) is 0 Å². The maximum Gasteiger partial charge on any atom is 0.224 e. The van der Waals surface area contributed by atoms with Gasteiger partial charge in [0.2, 0.25) is 5.91 Å². The molecule has 1 saturated heterocycles. The number of benzene rings is 1. The molecule has 0 bridgehead atoms. The molecule has 1 atom stereocenters. The Morgan fingerprint density at radius 2 is 2.33 bits per heavy atom. The van der Waals surface area contributed by atoms with E-state index in [1.54, 1.807) is 0 Å². The van der Waals surface area contributed by atoms with Crippen LogP contribution in [0.5, 0.6) is 0 Å². The molecule has 0 saturated carbocycles. The Bertz CT molecular complexity index is 417. The quantitative estimate of drug-likeness (QED) is 0.889. The maximum atomic E-state index is 12.0. The predicted octanol–water partition coefficient (Wildman–Crippen LogP) is 2.67. The average molecular weight is 246 g/mol. The zero-order chi connectivity index (χ0) is 13.0. The highest BCUT2D eigenvalue weighted by Gasteiger charge is 2.19. The standard InChI is InChI=1S/C15H22N2O/c1-12-5-3-7-14(9-12)16-15(18)10-13-6-4-8-17(2)11-13/h3,5,7,9,13H,4,6,8,10-11H2,1-2H3,(H,16,18). The van der Waals surface area contributed by atoms with Gasteiger partial charge in [0, 0.05) is 18.7 Å². The molecular weight excluding hydrogens is 224 g/mol. The van der Waals surface area contributed by atoms with Crippen molar-refractivity contribution < 1.29 is 4.79 Å². The molecule has 0 aromatic heterocycles. The van der Waals surface area contributed by atoms with Crippen LogP contribution in [0.3, 0.4) is 0 Å². The van der Waals surface area contributed by atoms with Crippen molar-refractivity contribution in [3.63, 3.8) is 0 Å². The summed E-state index contributed by atoms with van der Waals surface area (Å²) in [5, 5.41) is 2.99. The van der Waals surface area contributed by atoms with E-state index in [0.717, 1.165) is 18.8 Å². The van der Waals surface area contributed by atoms with Crippen molar-refractivity contribution in [2.75, 3.05) is 25.5 Å². The molecule has 3 heteroatoms. The number of rotatable bonds is 3. The van der Waals surface area contributed by atoms with E-state index < -0.39 is 0 Å². The van der Waals surface area contributed by atoms with Crippen LogP contribution in [0, 0.1) is 12.8 Å². The largest absolute Gasteiger partial charge is 0.326 e. The summed E-state index contributed by atoms with van der Waals surface area (Å²) in [5.74, 6) is 0.648. The molecule has 0 aliphatic carbocycles. The monoisotopic (exact) mass is 246 g/mol. The Balaban J connectivity index is 1.85. The summed E-state index contributed by atoms with van der Waals surface area (Å²) in [4.78, 5) is 14.3. The minimum absolute atomic E-state index is 0.140. The van der Waals surface area contributed by atoms with Gasteiger partial charge in [-0.05, 0) is 57.0 Å². The normalized spacial score (nSPS) is 20.7. The topological polar surface area (TPSA) is 32.3 Å². The van der Waals surface area contributed by atoms with Crippen LogP contribution in [0.2, 0.25) is 0 Å². The van der Waals surface area contributed by atoms with Gasteiger partial charge in [-0.25, -0.2) is 0 Å². The number of likely N-dealkylation sites (tertiary alicyclic amines) is 1. The summed E-state index contributed by atoms with van der Waals surface area (Å²) < 4.78 is 0. The van der Waals surface area contributed by atoms with Crippen LogP contribution in [0.25, 0.3) is 0 Å². The van der Waals surface area contributed by atoms with Crippen molar-refractivity contribution in [1.82, 2.24) is 4.90 Å². The summed E-state index contributed by atoms with van der Waals surface area (Å²) in [6.07, 6.45) is 3.02. The Kier molecular flexibility index (Phi) is 4.37. The fraction of sp³-hybridized carbons (Fsp3) is 0.533. The number of anilines is 1. The van der Waals surface area contributed by atoms with Crippen LogP contribution in [-0.2, 0) is 4.79 Å². The fourth-order valence-electron chi connectivity index (χ4n) is 2.64. The van der Waals surface area contributed by atoms with E-state index in [4.69, 9.17) is 0 Å². The van der Waals surface area contributed by atoms with Gasteiger partial charge in [0.1, 0.15) is 0 Å². The fourth-order valence-corrected chi connectivity index (χ4v) is 2.64. The first-order chi connectivity index (χ1) is 8.63. The van der Waals surface area contributed by atoms with Gasteiger partial charge in [-0.1, -0.05) is 12.1 Å². The van der Waals surface area contributed by atoms with E-state index in [1.165, 1.54) is 18.4 Å². The summed E-state index contributed by atoms with van der Waals surface area (Å²) >= 11 is 0. The van der Waals surface area contributed by atoms with Crippen molar-refractivity contribution in [2.45, 2.75) is 26.2 Å². The molecule has 1 aliphatic rings. The Labute approximate surface area is 109 Å². The number of amides is 1. The lowest BCUT2D eigenvalue weighted by Gasteiger charge is -2.29. The average Bonchev–Trinajstić information content (AvgIpc) is 2.28. The number of aryl methyl sites for hydroxylation is 1. The zero-order valence-corrected chi connectivity index (χ0v) is 11.3. The van der Waals surface area contributed by atoms with Gasteiger partial charge >= 0.3 is 0 Å². The first kappa shape index (κ1) is 13.1. The van der Waals surface area contributed by atoms with E-state index in [0.29, 0.717) is 12.3 Å². The molecule has 1 aliphatic heterocycles. The smallest absolute Gasteiger partial charge is 0.224 e. The lowest BCUT2D eigenvalue weighted by Crippen LogP contribution is -2.34. The molecule has 0 radical (unpaired) electrons. The van der Waals surface area contributed by atoms with E-state index in [1.807, 2.05) is 31.2 Å². The van der Waals surface area contributed by atoms with E-state index in [-0.39, 0.29) is 5.91 Å². The molecule has 1 unspecified atom stereocenters. The first-order valence-electron chi connectivity index (χ1n) is 6.68. The first-order valence-corrected chi connectivity index (χ1v) is 6.68. The van der Waals surface area contributed by atoms with Crippen LogP contribution < -0.4 is 5.32 Å². The second kappa shape index (κ2) is 6.01. The molecule has 1 N–H and O–H groups in total. The Morgan fingerprint density at radius 1 is 1.50 bits per heavy atom. The lowest BCUT2D eigenvalue weighted by molar-refractivity contribution is -0.117. The van der Waals surface area contributed by atoms with Crippen molar-refractivity contribution >= 4 is 11.6 Å². The lowest BCUT2D eigenvalue weighted by atomic mass is 9.95. The van der Waals surface area contributed by atoms with E-state index >= 15 is 0 Å². The highest BCUT2D eigenvalue weighted by Crippen LogP contribution is 2.19. The number of nitrogens with one attached hydrogen (secondary N) is 1. The summed E-state index contributed by atoms with van der Waals surface area (Å²) in [6, 6.07) is 7.95. The van der Waals surface area contributed by atoms with Gasteiger partial charge in [-0.2, -0.15) is 0 Å².